The molecule has 1 amide bonds. The third-order valence-electron chi connectivity index (χ3n) is 5.14. The maximum absolute atomic E-state index is 13.1. The smallest absolute Gasteiger partial charge is 0.308 e. The van der Waals surface area contributed by atoms with Gasteiger partial charge in [0.2, 0.25) is 5.91 Å². The fourth-order valence-corrected chi connectivity index (χ4v) is 3.54. The van der Waals surface area contributed by atoms with E-state index >= 15 is 0 Å². The van der Waals surface area contributed by atoms with Crippen molar-refractivity contribution in [1.29, 1.82) is 0 Å². The number of alkyl halides is 3. The van der Waals surface area contributed by atoms with Crippen LogP contribution in [0.15, 0.2) is 42.6 Å². The molecule has 0 saturated heterocycles. The van der Waals surface area contributed by atoms with Gasteiger partial charge in [-0.2, -0.15) is 23.4 Å². The Balaban J connectivity index is 1.43. The minimum atomic E-state index is -4.51. The van der Waals surface area contributed by atoms with E-state index in [-0.39, 0.29) is 23.3 Å². The summed E-state index contributed by atoms with van der Waals surface area (Å²) in [6.45, 7) is 2.16. The monoisotopic (exact) mass is 451 g/mol. The molecule has 10 heteroatoms. The molecule has 1 saturated carbocycles. The Morgan fingerprint density at radius 2 is 1.97 bits per heavy atom. The van der Waals surface area contributed by atoms with Crippen LogP contribution >= 0.6 is 11.6 Å². The van der Waals surface area contributed by atoms with Gasteiger partial charge in [0.25, 0.3) is 0 Å². The molecule has 3 aromatic rings. The molecule has 31 heavy (non-hydrogen) atoms. The first-order valence-corrected chi connectivity index (χ1v) is 10.3. The lowest BCUT2D eigenvalue weighted by Gasteiger charge is -2.13. The molecule has 1 aromatic carbocycles. The van der Waals surface area contributed by atoms with E-state index in [1.807, 2.05) is 30.3 Å². The van der Waals surface area contributed by atoms with E-state index in [0.29, 0.717) is 12.2 Å². The molecule has 1 atom stereocenters. The Kier molecular flexibility index (Phi) is 5.79. The zero-order valence-electron chi connectivity index (χ0n) is 16.7. The second-order valence-electron chi connectivity index (χ2n) is 7.81. The van der Waals surface area contributed by atoms with Gasteiger partial charge in [-0.25, -0.2) is 0 Å². The van der Waals surface area contributed by atoms with Crippen molar-refractivity contribution >= 4 is 23.3 Å². The second-order valence-corrected chi connectivity index (χ2v) is 8.21. The van der Waals surface area contributed by atoms with Crippen LogP contribution < -0.4 is 5.32 Å². The summed E-state index contributed by atoms with van der Waals surface area (Å²) in [4.78, 5) is 12.7. The summed E-state index contributed by atoms with van der Waals surface area (Å²) in [6, 6.07) is 10.7. The van der Waals surface area contributed by atoms with Crippen molar-refractivity contribution in [1.82, 2.24) is 19.6 Å². The average Bonchev–Trinajstić information content (AvgIpc) is 3.37. The van der Waals surface area contributed by atoms with Crippen LogP contribution in [-0.2, 0) is 24.1 Å². The summed E-state index contributed by atoms with van der Waals surface area (Å²) in [5, 5.41) is 11.0. The Hall–Kier alpha value is -2.81. The Morgan fingerprint density at radius 3 is 2.61 bits per heavy atom. The van der Waals surface area contributed by atoms with E-state index in [1.165, 1.54) is 4.68 Å². The molecule has 1 unspecified atom stereocenters. The minimum absolute atomic E-state index is 0.0378. The van der Waals surface area contributed by atoms with Crippen molar-refractivity contribution in [2.75, 3.05) is 5.32 Å². The summed E-state index contributed by atoms with van der Waals surface area (Å²) in [7, 11) is 0. The number of carbonyl (C=O) groups excluding carboxylic acids is 1. The standard InChI is InChI=1S/C21H21ClF3N5O/c1-13(10-30-17(15-7-8-15)9-18(27-30)21(23,24)25)20(31)26-19-16(22)12-29(28-19)11-14-5-3-2-4-6-14/h2-6,9,12-13,15H,7-8,10-11H2,1H3,(H,26,28,31). The summed E-state index contributed by atoms with van der Waals surface area (Å²) in [6.07, 6.45) is -1.24. The Bertz CT molecular complexity index is 1070. The lowest BCUT2D eigenvalue weighted by Crippen LogP contribution is -2.26. The van der Waals surface area contributed by atoms with Gasteiger partial charge in [-0.1, -0.05) is 48.9 Å². The highest BCUT2D eigenvalue weighted by Gasteiger charge is 2.38. The van der Waals surface area contributed by atoms with Gasteiger partial charge >= 0.3 is 6.18 Å². The number of rotatable bonds is 7. The molecule has 0 bridgehead atoms. The first-order valence-electron chi connectivity index (χ1n) is 9.93. The van der Waals surface area contributed by atoms with Gasteiger partial charge in [-0.3, -0.25) is 14.2 Å². The molecule has 4 rings (SSSR count). The maximum Gasteiger partial charge on any atom is 0.435 e. The molecule has 0 spiro atoms. The number of hydrogen-bond acceptors (Lipinski definition) is 3. The molecule has 1 aliphatic rings. The summed E-state index contributed by atoms with van der Waals surface area (Å²) in [5.74, 6) is -0.734. The zero-order chi connectivity index (χ0) is 22.2. The first kappa shape index (κ1) is 21.4. The van der Waals surface area contributed by atoms with E-state index in [9.17, 15) is 18.0 Å². The molecule has 1 aliphatic carbocycles. The predicted molar refractivity (Wildman–Crippen MR) is 110 cm³/mol. The molecule has 1 N–H and O–H groups in total. The van der Waals surface area contributed by atoms with Crippen molar-refractivity contribution in [2.24, 2.45) is 5.92 Å². The van der Waals surface area contributed by atoms with Gasteiger partial charge < -0.3 is 5.32 Å². The highest BCUT2D eigenvalue weighted by molar-refractivity contribution is 6.33. The Morgan fingerprint density at radius 1 is 1.26 bits per heavy atom. The molecule has 2 heterocycles. The fraction of sp³-hybridized carbons (Fsp3) is 0.381. The SMILES string of the molecule is CC(Cn1nc(C(F)(F)F)cc1C1CC1)C(=O)Nc1nn(Cc2ccccc2)cc1Cl. The number of anilines is 1. The van der Waals surface area contributed by atoms with Gasteiger partial charge in [-0.05, 0) is 24.5 Å². The molecule has 1 fully saturated rings. The van der Waals surface area contributed by atoms with Crippen LogP contribution in [0.25, 0.3) is 0 Å². The lowest BCUT2D eigenvalue weighted by molar-refractivity contribution is -0.141. The van der Waals surface area contributed by atoms with Crippen LogP contribution in [0, 0.1) is 5.92 Å². The number of amides is 1. The molecule has 2 aromatic heterocycles. The van der Waals surface area contributed by atoms with E-state index < -0.39 is 23.7 Å². The molecule has 164 valence electrons. The van der Waals surface area contributed by atoms with Crippen molar-refractivity contribution in [3.63, 3.8) is 0 Å². The number of nitrogens with zero attached hydrogens (tertiary/aromatic N) is 4. The quantitative estimate of drug-likeness (QED) is 0.552. The summed E-state index contributed by atoms with van der Waals surface area (Å²) >= 11 is 6.21. The summed E-state index contributed by atoms with van der Waals surface area (Å²) < 4.78 is 42.1. The number of aromatic nitrogens is 4. The van der Waals surface area contributed by atoms with Gasteiger partial charge in [0, 0.05) is 17.8 Å². The van der Waals surface area contributed by atoms with Gasteiger partial charge in [0.1, 0.15) is 5.02 Å². The van der Waals surface area contributed by atoms with Crippen molar-refractivity contribution in [2.45, 2.75) is 44.9 Å². The second kappa shape index (κ2) is 8.37. The number of benzene rings is 1. The average molecular weight is 452 g/mol. The van der Waals surface area contributed by atoms with Crippen LogP contribution in [-0.4, -0.2) is 25.5 Å². The fourth-order valence-electron chi connectivity index (χ4n) is 3.34. The lowest BCUT2D eigenvalue weighted by atomic mass is 10.1. The number of hydrogen-bond donors (Lipinski definition) is 1. The van der Waals surface area contributed by atoms with Crippen molar-refractivity contribution in [3.8, 4) is 0 Å². The number of nitrogens with one attached hydrogen (secondary N) is 1. The van der Waals surface area contributed by atoms with Crippen LogP contribution in [0.1, 0.15) is 42.6 Å². The first-order chi connectivity index (χ1) is 14.7. The highest BCUT2D eigenvalue weighted by atomic mass is 35.5. The van der Waals surface area contributed by atoms with Gasteiger partial charge in [-0.15, -0.1) is 0 Å². The predicted octanol–water partition coefficient (Wildman–Crippen LogP) is 4.95. The van der Waals surface area contributed by atoms with Crippen LogP contribution in [0.2, 0.25) is 5.02 Å². The molecule has 0 aliphatic heterocycles. The molecular weight excluding hydrogens is 431 g/mol. The van der Waals surface area contributed by atoms with Gasteiger partial charge in [0.05, 0.1) is 19.0 Å². The molecule has 0 radical (unpaired) electrons. The van der Waals surface area contributed by atoms with Crippen LogP contribution in [0.3, 0.4) is 0 Å². The van der Waals surface area contributed by atoms with Gasteiger partial charge in [0.15, 0.2) is 11.5 Å². The van der Waals surface area contributed by atoms with E-state index in [0.717, 1.165) is 24.5 Å². The number of halogens is 4. The van der Waals surface area contributed by atoms with Crippen LogP contribution in [0.4, 0.5) is 19.0 Å². The molecular formula is C21H21ClF3N5O. The van der Waals surface area contributed by atoms with Crippen molar-refractivity contribution in [3.05, 3.63) is 64.6 Å². The van der Waals surface area contributed by atoms with Crippen LogP contribution in [0.5, 0.6) is 0 Å². The zero-order valence-corrected chi connectivity index (χ0v) is 17.5. The number of carbonyl (C=O) groups is 1. The summed E-state index contributed by atoms with van der Waals surface area (Å²) in [5.41, 5.74) is 0.626. The van der Waals surface area contributed by atoms with Crippen molar-refractivity contribution < 1.29 is 18.0 Å². The van der Waals surface area contributed by atoms with E-state index in [4.69, 9.17) is 11.6 Å². The van der Waals surface area contributed by atoms with E-state index in [2.05, 4.69) is 15.5 Å². The normalized spacial score (nSPS) is 15.1. The third-order valence-corrected chi connectivity index (χ3v) is 5.41. The van der Waals surface area contributed by atoms with E-state index in [1.54, 1.807) is 17.8 Å². The maximum atomic E-state index is 13.1. The Labute approximate surface area is 182 Å². The minimum Gasteiger partial charge on any atom is -0.308 e. The highest BCUT2D eigenvalue weighted by Crippen LogP contribution is 2.42. The molecule has 6 nitrogen and oxygen atoms in total. The largest absolute Gasteiger partial charge is 0.435 e. The topological polar surface area (TPSA) is 64.7 Å². The third kappa shape index (κ3) is 5.10.